The maximum Gasteiger partial charge on any atom is 0.336 e. The summed E-state index contributed by atoms with van der Waals surface area (Å²) in [6.45, 7) is 7.13. The summed E-state index contributed by atoms with van der Waals surface area (Å²) in [4.78, 5) is 12.5. The summed E-state index contributed by atoms with van der Waals surface area (Å²) in [7, 11) is 0. The molecule has 7 heteroatoms. The average molecular weight is 539 g/mol. The van der Waals surface area contributed by atoms with Crippen LogP contribution in [0.5, 0.6) is 23.0 Å². The van der Waals surface area contributed by atoms with Crippen LogP contribution in [0.1, 0.15) is 61.3 Å². The number of unbranched alkanes of at least 4 members (excludes halogenated alkanes) is 2. The van der Waals surface area contributed by atoms with Crippen LogP contribution in [-0.4, -0.2) is 19.2 Å². The first-order chi connectivity index (χ1) is 19.4. The van der Waals surface area contributed by atoms with Crippen molar-refractivity contribution in [3.8, 4) is 29.1 Å². The molecule has 0 radical (unpaired) electrons. The molecule has 0 aromatic heterocycles. The van der Waals surface area contributed by atoms with Gasteiger partial charge in [-0.05, 0) is 55.7 Å². The Bertz CT molecular complexity index is 1450. The van der Waals surface area contributed by atoms with Crippen molar-refractivity contribution >= 4 is 12.0 Å². The molecule has 7 nitrogen and oxygen atoms in total. The molecule has 1 aliphatic heterocycles. The minimum Gasteiger partial charge on any atom is -0.490 e. The van der Waals surface area contributed by atoms with E-state index >= 15 is 0 Å². The molecular weight excluding hydrogens is 504 g/mol. The fourth-order valence-electron chi connectivity index (χ4n) is 4.46. The molecule has 0 fully saturated rings. The van der Waals surface area contributed by atoms with Crippen molar-refractivity contribution in [1.29, 1.82) is 5.26 Å². The van der Waals surface area contributed by atoms with E-state index in [9.17, 15) is 10.1 Å². The highest BCUT2D eigenvalue weighted by Gasteiger charge is 2.31. The number of aryl methyl sites for hydroxylation is 1. The summed E-state index contributed by atoms with van der Waals surface area (Å²) in [5.41, 5.74) is 10.0. The molecule has 2 N–H and O–H groups in total. The summed E-state index contributed by atoms with van der Waals surface area (Å²) < 4.78 is 23.2. The standard InChI is InChI=1S/C33H34N2O5/c1-4-6-7-18-38-28-16-13-24(19-30(28)37-5-2)32-26-15-14-25(20-29(26)40-33(35)27(32)21-34)39-31(36)17-12-23-10-8-22(3)9-11-23/h8-17,19-20,32H,4-7,18,35H2,1-3H3/b17-12+. The number of allylic oxidation sites excluding steroid dienone is 1. The number of hydrogen-bond acceptors (Lipinski definition) is 7. The minimum atomic E-state index is -0.523. The van der Waals surface area contributed by atoms with E-state index in [0.717, 1.165) is 41.5 Å². The summed E-state index contributed by atoms with van der Waals surface area (Å²) in [6.07, 6.45) is 6.23. The molecule has 40 heavy (non-hydrogen) atoms. The average Bonchev–Trinajstić information content (AvgIpc) is 2.95. The molecule has 3 aromatic rings. The summed E-state index contributed by atoms with van der Waals surface area (Å²) in [5.74, 6) is 0.956. The van der Waals surface area contributed by atoms with E-state index in [-0.39, 0.29) is 11.5 Å². The third-order valence-electron chi connectivity index (χ3n) is 6.50. The van der Waals surface area contributed by atoms with Crippen molar-refractivity contribution < 1.29 is 23.7 Å². The number of nitriles is 1. The number of esters is 1. The van der Waals surface area contributed by atoms with Crippen molar-refractivity contribution in [2.24, 2.45) is 5.73 Å². The van der Waals surface area contributed by atoms with Gasteiger partial charge in [-0.1, -0.05) is 61.7 Å². The third-order valence-corrected chi connectivity index (χ3v) is 6.50. The molecule has 206 valence electrons. The van der Waals surface area contributed by atoms with Crippen molar-refractivity contribution in [2.75, 3.05) is 13.2 Å². The largest absolute Gasteiger partial charge is 0.490 e. The molecule has 0 spiro atoms. The number of rotatable bonds is 11. The molecule has 1 unspecified atom stereocenters. The Balaban J connectivity index is 1.59. The van der Waals surface area contributed by atoms with Gasteiger partial charge in [0.2, 0.25) is 5.88 Å². The predicted molar refractivity (Wildman–Crippen MR) is 154 cm³/mol. The lowest BCUT2D eigenvalue weighted by Crippen LogP contribution is -2.21. The lowest BCUT2D eigenvalue weighted by atomic mass is 9.83. The minimum absolute atomic E-state index is 0.000551. The van der Waals surface area contributed by atoms with Gasteiger partial charge in [0.1, 0.15) is 23.1 Å². The zero-order valence-corrected chi connectivity index (χ0v) is 23.1. The summed E-state index contributed by atoms with van der Waals surface area (Å²) in [5, 5.41) is 9.95. The smallest absolute Gasteiger partial charge is 0.336 e. The van der Waals surface area contributed by atoms with E-state index < -0.39 is 11.9 Å². The molecule has 0 bridgehead atoms. The number of fused-ring (bicyclic) bond motifs is 1. The Morgan fingerprint density at radius 1 is 1.02 bits per heavy atom. The molecule has 0 saturated carbocycles. The quantitative estimate of drug-likeness (QED) is 0.124. The van der Waals surface area contributed by atoms with Crippen molar-refractivity contribution in [1.82, 2.24) is 0 Å². The Labute approximate surface area is 235 Å². The van der Waals surface area contributed by atoms with Crippen molar-refractivity contribution in [3.05, 3.63) is 100 Å². The maximum absolute atomic E-state index is 12.5. The number of benzene rings is 3. The highest BCUT2D eigenvalue weighted by Crippen LogP contribution is 2.45. The number of ether oxygens (including phenoxy) is 4. The van der Waals surface area contributed by atoms with Gasteiger partial charge in [-0.2, -0.15) is 5.26 Å². The van der Waals surface area contributed by atoms with E-state index in [1.807, 2.05) is 56.3 Å². The zero-order valence-electron chi connectivity index (χ0n) is 23.1. The fourth-order valence-corrected chi connectivity index (χ4v) is 4.46. The molecular formula is C33H34N2O5. The van der Waals surface area contributed by atoms with Gasteiger partial charge in [-0.3, -0.25) is 0 Å². The molecule has 1 heterocycles. The molecule has 1 atom stereocenters. The lowest BCUT2D eigenvalue weighted by Gasteiger charge is -2.27. The molecule has 0 amide bonds. The SMILES string of the molecule is CCCCCOc1ccc(C2C(C#N)=C(N)Oc3cc(OC(=O)/C=C/c4ccc(C)cc4)ccc32)cc1OCC. The van der Waals surface area contributed by atoms with Crippen LogP contribution in [0.2, 0.25) is 0 Å². The van der Waals surface area contributed by atoms with Gasteiger partial charge in [-0.25, -0.2) is 4.79 Å². The highest BCUT2D eigenvalue weighted by atomic mass is 16.5. The van der Waals surface area contributed by atoms with E-state index in [1.54, 1.807) is 24.3 Å². The van der Waals surface area contributed by atoms with Gasteiger partial charge in [-0.15, -0.1) is 0 Å². The first-order valence-electron chi connectivity index (χ1n) is 13.5. The van der Waals surface area contributed by atoms with Gasteiger partial charge in [0.05, 0.1) is 19.1 Å². The first-order valence-corrected chi connectivity index (χ1v) is 13.5. The van der Waals surface area contributed by atoms with Gasteiger partial charge >= 0.3 is 5.97 Å². The number of carbonyl (C=O) groups is 1. The first kappa shape index (κ1) is 28.3. The number of hydrogen-bond donors (Lipinski definition) is 1. The van der Waals surface area contributed by atoms with Crippen LogP contribution >= 0.6 is 0 Å². The Morgan fingerprint density at radius 2 is 1.82 bits per heavy atom. The van der Waals surface area contributed by atoms with Gasteiger partial charge in [0.15, 0.2) is 11.5 Å². The van der Waals surface area contributed by atoms with E-state index in [0.29, 0.717) is 36.2 Å². The van der Waals surface area contributed by atoms with Crippen LogP contribution in [0.15, 0.2) is 78.2 Å². The zero-order chi connectivity index (χ0) is 28.5. The van der Waals surface area contributed by atoms with Gasteiger partial charge < -0.3 is 24.7 Å². The molecule has 0 aliphatic carbocycles. The molecule has 3 aromatic carbocycles. The Morgan fingerprint density at radius 3 is 2.55 bits per heavy atom. The fraction of sp³-hybridized carbons (Fsp3) is 0.273. The van der Waals surface area contributed by atoms with Crippen LogP contribution in [0.4, 0.5) is 0 Å². The summed E-state index contributed by atoms with van der Waals surface area (Å²) >= 11 is 0. The number of carbonyl (C=O) groups excluding carboxylic acids is 1. The third kappa shape index (κ3) is 6.83. The number of nitrogens with two attached hydrogens (primary N) is 1. The topological polar surface area (TPSA) is 104 Å². The monoisotopic (exact) mass is 538 g/mol. The van der Waals surface area contributed by atoms with Crippen LogP contribution in [0.3, 0.4) is 0 Å². The summed E-state index contributed by atoms with van der Waals surface area (Å²) in [6, 6.07) is 20.7. The Hall–Kier alpha value is -4.70. The molecule has 0 saturated heterocycles. The lowest BCUT2D eigenvalue weighted by molar-refractivity contribution is -0.128. The van der Waals surface area contributed by atoms with Crippen LogP contribution in [0.25, 0.3) is 6.08 Å². The van der Waals surface area contributed by atoms with Crippen LogP contribution in [-0.2, 0) is 4.79 Å². The maximum atomic E-state index is 12.5. The van der Waals surface area contributed by atoms with Gasteiger partial charge in [0, 0.05) is 17.7 Å². The van der Waals surface area contributed by atoms with E-state index in [4.69, 9.17) is 24.7 Å². The Kier molecular flexibility index (Phi) is 9.48. The van der Waals surface area contributed by atoms with Crippen LogP contribution in [0, 0.1) is 18.3 Å². The van der Waals surface area contributed by atoms with Crippen molar-refractivity contribution in [3.63, 3.8) is 0 Å². The second-order valence-electron chi connectivity index (χ2n) is 9.48. The normalized spacial score (nSPS) is 14.3. The highest BCUT2D eigenvalue weighted by molar-refractivity contribution is 5.88. The van der Waals surface area contributed by atoms with Crippen molar-refractivity contribution in [2.45, 2.75) is 46.0 Å². The predicted octanol–water partition coefficient (Wildman–Crippen LogP) is 6.80. The second-order valence-corrected chi connectivity index (χ2v) is 9.48. The number of nitrogens with zero attached hydrogens (tertiary/aromatic N) is 1. The second kappa shape index (κ2) is 13.4. The van der Waals surface area contributed by atoms with E-state index in [2.05, 4.69) is 13.0 Å². The van der Waals surface area contributed by atoms with Gasteiger partial charge in [0.25, 0.3) is 0 Å². The molecule has 1 aliphatic rings. The van der Waals surface area contributed by atoms with E-state index in [1.165, 1.54) is 6.08 Å². The molecule has 4 rings (SSSR count). The van der Waals surface area contributed by atoms with Crippen LogP contribution < -0.4 is 24.7 Å².